The van der Waals surface area contributed by atoms with Gasteiger partial charge in [0.25, 0.3) is 0 Å². The van der Waals surface area contributed by atoms with Gasteiger partial charge in [-0.3, -0.25) is 4.98 Å². The molecule has 1 aromatic heterocycles. The van der Waals surface area contributed by atoms with Crippen molar-refractivity contribution in [3.63, 3.8) is 0 Å². The molecule has 0 aliphatic carbocycles. The summed E-state index contributed by atoms with van der Waals surface area (Å²) in [5, 5.41) is 11.9. The van der Waals surface area contributed by atoms with Crippen LogP contribution in [0.4, 0.5) is 8.78 Å². The second-order valence-electron chi connectivity index (χ2n) is 5.22. The summed E-state index contributed by atoms with van der Waals surface area (Å²) in [5.74, 6) is -0.631. The number of aliphatic hydroxyl groups excluding tert-OH is 1. The van der Waals surface area contributed by atoms with Crippen LogP contribution in [0, 0.1) is 11.6 Å². The average Bonchev–Trinajstić information content (AvgIpc) is 2.58. The fraction of sp³-hybridized carbons (Fsp3) is 0.167. The predicted molar refractivity (Wildman–Crippen MR) is 85.1 cm³/mol. The maximum Gasteiger partial charge on any atom is 0.162 e. The normalized spacial score (nSPS) is 12.2. The molecule has 1 N–H and O–H groups in total. The number of hydrogen-bond donors (Lipinski definition) is 1. The van der Waals surface area contributed by atoms with Gasteiger partial charge in [-0.2, -0.15) is 0 Å². The highest BCUT2D eigenvalue weighted by molar-refractivity contribution is 5.85. The summed E-state index contributed by atoms with van der Waals surface area (Å²) in [6.45, 7) is -0.204. The Kier molecular flexibility index (Phi) is 4.57. The summed E-state index contributed by atoms with van der Waals surface area (Å²) in [6.07, 6.45) is 2.11. The molecule has 0 bridgehead atoms. The highest BCUT2D eigenvalue weighted by Gasteiger charge is 2.16. The Morgan fingerprint density at radius 1 is 1.08 bits per heavy atom. The molecular formula is C18H15F2NO3. The monoisotopic (exact) mass is 331 g/mol. The van der Waals surface area contributed by atoms with Crippen LogP contribution in [0.2, 0.25) is 0 Å². The Bertz CT molecular complexity index is 870. The third-order valence-electron chi connectivity index (χ3n) is 3.64. The van der Waals surface area contributed by atoms with E-state index in [0.717, 1.165) is 22.9 Å². The molecule has 0 amide bonds. The van der Waals surface area contributed by atoms with Gasteiger partial charge in [0.1, 0.15) is 24.3 Å². The third kappa shape index (κ3) is 3.28. The predicted octanol–water partition coefficient (Wildman–Crippen LogP) is 3.63. The number of ether oxygens (including phenoxy) is 2. The van der Waals surface area contributed by atoms with Gasteiger partial charge < -0.3 is 14.6 Å². The van der Waals surface area contributed by atoms with Crippen LogP contribution in [0.15, 0.2) is 48.8 Å². The second kappa shape index (κ2) is 6.80. The van der Waals surface area contributed by atoms with E-state index in [2.05, 4.69) is 4.98 Å². The minimum Gasteiger partial charge on any atom is -0.493 e. The number of halogens is 2. The number of pyridine rings is 1. The van der Waals surface area contributed by atoms with Gasteiger partial charge in [0.2, 0.25) is 0 Å². The Balaban J connectivity index is 1.81. The lowest BCUT2D eigenvalue weighted by atomic mass is 10.1. The van der Waals surface area contributed by atoms with Gasteiger partial charge in [0, 0.05) is 29.4 Å². The van der Waals surface area contributed by atoms with Crippen LogP contribution in [-0.4, -0.2) is 23.8 Å². The van der Waals surface area contributed by atoms with Crippen LogP contribution in [0.25, 0.3) is 10.8 Å². The highest BCUT2D eigenvalue weighted by atomic mass is 19.1. The number of fused-ring (bicyclic) bond motifs is 1. The number of aliphatic hydroxyl groups is 1. The highest BCUT2D eigenvalue weighted by Crippen LogP contribution is 2.32. The molecule has 6 heteroatoms. The number of nitrogens with zero attached hydrogens (tertiary/aromatic N) is 1. The topological polar surface area (TPSA) is 51.6 Å². The van der Waals surface area contributed by atoms with Crippen molar-refractivity contribution < 1.29 is 23.4 Å². The van der Waals surface area contributed by atoms with E-state index in [1.807, 2.05) is 6.07 Å². The first kappa shape index (κ1) is 16.1. The molecule has 3 rings (SSSR count). The molecule has 0 aliphatic heterocycles. The summed E-state index contributed by atoms with van der Waals surface area (Å²) in [5.41, 5.74) is -0.0298. The van der Waals surface area contributed by atoms with Crippen LogP contribution in [0.5, 0.6) is 11.5 Å². The number of aromatic nitrogens is 1. The lowest BCUT2D eigenvalue weighted by Gasteiger charge is -2.16. The average molecular weight is 331 g/mol. The summed E-state index contributed by atoms with van der Waals surface area (Å²) in [6, 6.07) is 8.36. The summed E-state index contributed by atoms with van der Waals surface area (Å²) >= 11 is 0. The van der Waals surface area contributed by atoms with Crippen LogP contribution < -0.4 is 9.47 Å². The molecule has 2 aromatic carbocycles. The largest absolute Gasteiger partial charge is 0.493 e. The number of methoxy groups -OCH3 is 1. The van der Waals surface area contributed by atoms with Gasteiger partial charge >= 0.3 is 0 Å². The number of hydrogen-bond acceptors (Lipinski definition) is 4. The molecule has 0 fully saturated rings. The van der Waals surface area contributed by atoms with Crippen molar-refractivity contribution in [2.24, 2.45) is 0 Å². The number of rotatable bonds is 5. The van der Waals surface area contributed by atoms with Crippen molar-refractivity contribution in [2.75, 3.05) is 13.7 Å². The first-order valence-electron chi connectivity index (χ1n) is 7.26. The van der Waals surface area contributed by atoms with Gasteiger partial charge in [-0.1, -0.05) is 6.07 Å². The number of benzene rings is 2. The zero-order valence-corrected chi connectivity index (χ0v) is 12.9. The lowest BCUT2D eigenvalue weighted by molar-refractivity contribution is 0.103. The molecule has 3 aromatic rings. The lowest BCUT2D eigenvalue weighted by Crippen LogP contribution is -2.12. The molecule has 0 spiro atoms. The summed E-state index contributed by atoms with van der Waals surface area (Å²) in [4.78, 5) is 4.04. The molecule has 0 saturated heterocycles. The van der Waals surface area contributed by atoms with Crippen LogP contribution >= 0.6 is 0 Å². The molecule has 1 atom stereocenters. The van der Waals surface area contributed by atoms with Crippen molar-refractivity contribution in [1.82, 2.24) is 4.98 Å². The SMILES string of the molecule is COc1cc2ccncc2cc1OCC(O)c1ccc(F)cc1F. The molecule has 1 heterocycles. The smallest absolute Gasteiger partial charge is 0.162 e. The van der Waals surface area contributed by atoms with E-state index < -0.39 is 17.7 Å². The Hall–Kier alpha value is -2.73. The van der Waals surface area contributed by atoms with Crippen molar-refractivity contribution in [2.45, 2.75) is 6.10 Å². The second-order valence-corrected chi connectivity index (χ2v) is 5.22. The first-order valence-corrected chi connectivity index (χ1v) is 7.26. The van der Waals surface area contributed by atoms with Gasteiger partial charge in [-0.15, -0.1) is 0 Å². The Morgan fingerprint density at radius 3 is 2.62 bits per heavy atom. The zero-order chi connectivity index (χ0) is 17.1. The van der Waals surface area contributed by atoms with Crippen molar-refractivity contribution in [3.05, 3.63) is 66.0 Å². The third-order valence-corrected chi connectivity index (χ3v) is 3.64. The van der Waals surface area contributed by atoms with Crippen LogP contribution in [0.1, 0.15) is 11.7 Å². The van der Waals surface area contributed by atoms with E-state index in [-0.39, 0.29) is 12.2 Å². The Labute approximate surface area is 137 Å². The van der Waals surface area contributed by atoms with Crippen LogP contribution in [-0.2, 0) is 0 Å². The minimum atomic E-state index is -1.24. The molecule has 24 heavy (non-hydrogen) atoms. The molecule has 0 radical (unpaired) electrons. The summed E-state index contributed by atoms with van der Waals surface area (Å²) < 4.78 is 37.5. The standard InChI is InChI=1S/C18H15F2NO3/c1-23-17-6-11-4-5-21-9-12(11)7-18(17)24-10-16(22)14-3-2-13(19)8-15(14)20/h2-9,16,22H,10H2,1H3. The molecule has 0 saturated carbocycles. The van der Waals surface area contributed by atoms with E-state index in [0.29, 0.717) is 11.5 Å². The molecule has 124 valence electrons. The quantitative estimate of drug-likeness (QED) is 0.776. The first-order chi connectivity index (χ1) is 11.6. The Morgan fingerprint density at radius 2 is 1.88 bits per heavy atom. The van der Waals surface area contributed by atoms with E-state index in [1.54, 1.807) is 24.5 Å². The van der Waals surface area contributed by atoms with Gasteiger partial charge in [0.05, 0.1) is 7.11 Å². The fourth-order valence-corrected chi connectivity index (χ4v) is 2.40. The van der Waals surface area contributed by atoms with E-state index in [1.165, 1.54) is 13.2 Å². The van der Waals surface area contributed by atoms with Crippen LogP contribution in [0.3, 0.4) is 0 Å². The molecule has 0 aliphatic rings. The van der Waals surface area contributed by atoms with Gasteiger partial charge in [-0.05, 0) is 29.7 Å². The molecule has 4 nitrogen and oxygen atoms in total. The van der Waals surface area contributed by atoms with Gasteiger partial charge in [0.15, 0.2) is 11.5 Å². The molecular weight excluding hydrogens is 316 g/mol. The maximum atomic E-state index is 13.7. The maximum absolute atomic E-state index is 13.7. The van der Waals surface area contributed by atoms with Gasteiger partial charge in [-0.25, -0.2) is 8.78 Å². The zero-order valence-electron chi connectivity index (χ0n) is 12.9. The summed E-state index contributed by atoms with van der Waals surface area (Å²) in [7, 11) is 1.51. The van der Waals surface area contributed by atoms with E-state index >= 15 is 0 Å². The minimum absolute atomic E-state index is 0.0298. The fourth-order valence-electron chi connectivity index (χ4n) is 2.40. The van der Waals surface area contributed by atoms with Crippen molar-refractivity contribution >= 4 is 10.8 Å². The van der Waals surface area contributed by atoms with Crippen molar-refractivity contribution in [3.8, 4) is 11.5 Å². The molecule has 1 unspecified atom stereocenters. The van der Waals surface area contributed by atoms with E-state index in [4.69, 9.17) is 9.47 Å². The van der Waals surface area contributed by atoms with Crippen molar-refractivity contribution in [1.29, 1.82) is 0 Å². The van der Waals surface area contributed by atoms with E-state index in [9.17, 15) is 13.9 Å².